The van der Waals surface area contributed by atoms with Gasteiger partial charge in [0.2, 0.25) is 11.8 Å². The van der Waals surface area contributed by atoms with Gasteiger partial charge < -0.3 is 25.1 Å². The Bertz CT molecular complexity index is 928. The summed E-state index contributed by atoms with van der Waals surface area (Å²) in [5, 5.41) is 3.74. The van der Waals surface area contributed by atoms with E-state index >= 15 is 0 Å². The van der Waals surface area contributed by atoms with Crippen LogP contribution in [0.5, 0.6) is 5.75 Å². The van der Waals surface area contributed by atoms with E-state index in [9.17, 15) is 14.2 Å². The van der Waals surface area contributed by atoms with Gasteiger partial charge in [-0.25, -0.2) is 0 Å². The van der Waals surface area contributed by atoms with Crippen LogP contribution in [-0.4, -0.2) is 50.0 Å². The number of thiophene rings is 1. The number of hydrogen-bond donors (Lipinski definition) is 2. The fourth-order valence-electron chi connectivity index (χ4n) is 3.44. The van der Waals surface area contributed by atoms with Crippen LogP contribution in [0.4, 0.5) is 0 Å². The van der Waals surface area contributed by atoms with Crippen molar-refractivity contribution in [3.05, 3.63) is 46.7 Å². The molecule has 3 rings (SSSR count). The van der Waals surface area contributed by atoms with Crippen molar-refractivity contribution in [1.82, 2.24) is 5.32 Å². The Morgan fingerprint density at radius 1 is 1.26 bits per heavy atom. The molecule has 1 saturated heterocycles. The van der Waals surface area contributed by atoms with Gasteiger partial charge in [-0.1, -0.05) is 17.4 Å². The lowest BCUT2D eigenvalue weighted by Crippen LogP contribution is -2.47. The van der Waals surface area contributed by atoms with Gasteiger partial charge in [-0.05, 0) is 55.2 Å². The van der Waals surface area contributed by atoms with Crippen molar-refractivity contribution in [3.63, 3.8) is 0 Å². The maximum Gasteiger partial charge on any atom is 0.232 e. The molecule has 1 atom stereocenters. The van der Waals surface area contributed by atoms with E-state index in [2.05, 4.69) is 5.32 Å². The lowest BCUT2D eigenvalue weighted by molar-refractivity contribution is -0.123. The lowest BCUT2D eigenvalue weighted by atomic mass is 9.98. The highest BCUT2D eigenvalue weighted by Gasteiger charge is 2.51. The van der Waals surface area contributed by atoms with Gasteiger partial charge in [0.05, 0.1) is 13.0 Å². The van der Waals surface area contributed by atoms with Crippen LogP contribution in [0, 0.1) is 0 Å². The van der Waals surface area contributed by atoms with Gasteiger partial charge in [0.1, 0.15) is 17.5 Å². The Labute approximate surface area is 190 Å². The van der Waals surface area contributed by atoms with Gasteiger partial charge in [0.15, 0.2) is 6.34 Å². The average molecular weight is 483 g/mol. The normalized spacial score (nSPS) is 17.5. The van der Waals surface area contributed by atoms with E-state index in [1.165, 1.54) is 11.4 Å². The third kappa shape index (κ3) is 6.13. The standard InChI is InChI=1S/C21H27N2O5PS2/c1-29(26,21(20(22)25)8-11-27-12-9-21)31-17-6-4-16(5-7-17)28-13-10-23-19(24)15-18-3-2-14-30-18/h2-7,14H,8-13,15H2,1H3,(H2,22,25)(H,23,24). The highest BCUT2D eigenvalue weighted by atomic mass is 32.7. The number of nitrogens with two attached hydrogens (primary N) is 1. The van der Waals surface area contributed by atoms with E-state index < -0.39 is 17.4 Å². The minimum atomic E-state index is -2.98. The van der Waals surface area contributed by atoms with Crippen molar-refractivity contribution >= 4 is 40.9 Å². The van der Waals surface area contributed by atoms with Crippen molar-refractivity contribution in [2.45, 2.75) is 29.3 Å². The van der Waals surface area contributed by atoms with Crippen LogP contribution in [0.25, 0.3) is 0 Å². The van der Waals surface area contributed by atoms with Crippen molar-refractivity contribution in [1.29, 1.82) is 0 Å². The zero-order valence-corrected chi connectivity index (χ0v) is 19.9. The summed E-state index contributed by atoms with van der Waals surface area (Å²) in [6.07, 6.45) is -1.85. The molecule has 2 heterocycles. The molecule has 0 radical (unpaired) electrons. The molecule has 1 aromatic carbocycles. The first-order valence-corrected chi connectivity index (χ1v) is 14.4. The zero-order chi connectivity index (χ0) is 22.3. The molecule has 1 aliphatic rings. The number of primary amides is 1. The summed E-state index contributed by atoms with van der Waals surface area (Å²) in [6.45, 7) is 3.17. The number of rotatable bonds is 10. The summed E-state index contributed by atoms with van der Waals surface area (Å²) in [6, 6.07) is 11.1. The number of carbonyl (C=O) groups is 2. The third-order valence-corrected chi connectivity index (χ3v) is 11.9. The van der Waals surface area contributed by atoms with E-state index in [0.29, 0.717) is 51.4 Å². The van der Waals surface area contributed by atoms with Gasteiger partial charge in [-0.3, -0.25) is 9.59 Å². The maximum atomic E-state index is 13.5. The van der Waals surface area contributed by atoms with Gasteiger partial charge in [-0.2, -0.15) is 0 Å². The zero-order valence-electron chi connectivity index (χ0n) is 17.4. The number of amides is 2. The second-order valence-corrected chi connectivity index (χ2v) is 14.2. The maximum absolute atomic E-state index is 13.5. The van der Waals surface area contributed by atoms with E-state index in [4.69, 9.17) is 15.2 Å². The smallest absolute Gasteiger partial charge is 0.232 e. The number of benzene rings is 1. The summed E-state index contributed by atoms with van der Waals surface area (Å²) in [4.78, 5) is 25.9. The predicted octanol–water partition coefficient (Wildman–Crippen LogP) is 3.52. The Kier molecular flexibility index (Phi) is 8.22. The quantitative estimate of drug-likeness (QED) is 0.396. The van der Waals surface area contributed by atoms with E-state index in [0.717, 1.165) is 9.77 Å². The lowest BCUT2D eigenvalue weighted by Gasteiger charge is -2.38. The first-order chi connectivity index (χ1) is 14.8. The minimum Gasteiger partial charge on any atom is -0.492 e. The molecule has 0 saturated carbocycles. The summed E-state index contributed by atoms with van der Waals surface area (Å²) < 4.78 is 24.5. The molecule has 1 aliphatic heterocycles. The van der Waals surface area contributed by atoms with Crippen LogP contribution < -0.4 is 15.8 Å². The van der Waals surface area contributed by atoms with E-state index in [1.54, 1.807) is 30.1 Å². The van der Waals surface area contributed by atoms with Crippen molar-refractivity contribution < 1.29 is 23.6 Å². The van der Waals surface area contributed by atoms with Crippen LogP contribution in [0.1, 0.15) is 17.7 Å². The summed E-state index contributed by atoms with van der Waals surface area (Å²) in [5.41, 5.74) is 5.66. The number of ether oxygens (including phenoxy) is 2. The number of carbonyl (C=O) groups excluding carboxylic acids is 2. The number of hydrogen-bond acceptors (Lipinski definition) is 7. The number of nitrogens with one attached hydrogen (secondary N) is 1. The monoisotopic (exact) mass is 482 g/mol. The highest BCUT2D eigenvalue weighted by molar-refractivity contribution is 8.58. The van der Waals surface area contributed by atoms with Gasteiger partial charge >= 0.3 is 0 Å². The summed E-state index contributed by atoms with van der Waals surface area (Å²) >= 11 is 2.77. The van der Waals surface area contributed by atoms with Gasteiger partial charge in [0.25, 0.3) is 0 Å². The predicted molar refractivity (Wildman–Crippen MR) is 124 cm³/mol. The molecule has 0 bridgehead atoms. The molecule has 1 fully saturated rings. The Hall–Kier alpha value is -1.80. The second kappa shape index (κ2) is 10.7. The topological polar surface area (TPSA) is 108 Å². The first-order valence-electron chi connectivity index (χ1n) is 9.99. The molecule has 1 aromatic heterocycles. The van der Waals surface area contributed by atoms with Gasteiger partial charge in [-0.15, -0.1) is 11.3 Å². The Morgan fingerprint density at radius 3 is 2.58 bits per heavy atom. The molecule has 2 amide bonds. The third-order valence-electron chi connectivity index (χ3n) is 5.27. The van der Waals surface area contributed by atoms with E-state index in [1.807, 2.05) is 29.6 Å². The van der Waals surface area contributed by atoms with Crippen LogP contribution in [0.2, 0.25) is 0 Å². The molecule has 2 aromatic rings. The summed E-state index contributed by atoms with van der Waals surface area (Å²) in [5.74, 6) is 0.0988. The van der Waals surface area contributed by atoms with Crippen LogP contribution in [0.15, 0.2) is 46.7 Å². The van der Waals surface area contributed by atoms with Crippen LogP contribution in [-0.2, 0) is 25.3 Å². The van der Waals surface area contributed by atoms with Crippen LogP contribution >= 0.6 is 29.1 Å². The first kappa shape index (κ1) is 23.9. The minimum absolute atomic E-state index is 0.0343. The van der Waals surface area contributed by atoms with Crippen LogP contribution in [0.3, 0.4) is 0 Å². The molecular weight excluding hydrogens is 455 g/mol. The molecule has 0 spiro atoms. The fourth-order valence-corrected chi connectivity index (χ4v) is 9.29. The fraction of sp³-hybridized carbons (Fsp3) is 0.429. The molecule has 0 aliphatic carbocycles. The van der Waals surface area contributed by atoms with Crippen molar-refractivity contribution in [2.24, 2.45) is 5.73 Å². The molecular formula is C21H27N2O5PS2. The second-order valence-electron chi connectivity index (χ2n) is 7.37. The molecule has 168 valence electrons. The highest BCUT2D eigenvalue weighted by Crippen LogP contribution is 2.70. The van der Waals surface area contributed by atoms with Crippen molar-refractivity contribution in [3.8, 4) is 5.75 Å². The SMILES string of the molecule is CP(=O)(Sc1ccc(OCCNC(=O)Cc2cccs2)cc1)C1(C(N)=O)CCOCC1. The largest absolute Gasteiger partial charge is 0.492 e. The molecule has 7 nitrogen and oxygen atoms in total. The molecule has 31 heavy (non-hydrogen) atoms. The average Bonchev–Trinajstić information content (AvgIpc) is 3.25. The van der Waals surface area contributed by atoms with E-state index in [-0.39, 0.29) is 5.91 Å². The van der Waals surface area contributed by atoms with Crippen molar-refractivity contribution in [2.75, 3.05) is 33.0 Å². The Morgan fingerprint density at radius 2 is 1.97 bits per heavy atom. The molecule has 10 heteroatoms. The molecule has 1 unspecified atom stereocenters. The van der Waals surface area contributed by atoms with Gasteiger partial charge in [0, 0.05) is 23.0 Å². The summed E-state index contributed by atoms with van der Waals surface area (Å²) in [7, 11) is 0. The molecule has 3 N–H and O–H groups in total. The Balaban J connectivity index is 1.48.